The first-order valence-electron chi connectivity index (χ1n) is 7.51. The number of nitrogens with one attached hydrogen (secondary N) is 1. The molecule has 0 saturated carbocycles. The van der Waals surface area contributed by atoms with Crippen molar-refractivity contribution in [2.75, 3.05) is 26.7 Å². The zero-order chi connectivity index (χ0) is 13.7. The molecular weight excluding hydrogens is 236 g/mol. The van der Waals surface area contributed by atoms with Crippen molar-refractivity contribution in [1.82, 2.24) is 19.8 Å². The molecule has 2 rings (SSSR count). The average molecular weight is 264 g/mol. The number of aryl methyl sites for hydroxylation is 1. The van der Waals surface area contributed by atoms with Gasteiger partial charge in [0.25, 0.3) is 0 Å². The van der Waals surface area contributed by atoms with E-state index in [-0.39, 0.29) is 0 Å². The van der Waals surface area contributed by atoms with E-state index in [0.717, 1.165) is 12.4 Å². The highest BCUT2D eigenvalue weighted by atomic mass is 15.2. The molecule has 108 valence electrons. The van der Waals surface area contributed by atoms with Gasteiger partial charge in [0.1, 0.15) is 5.82 Å². The van der Waals surface area contributed by atoms with E-state index in [1.165, 1.54) is 45.3 Å². The lowest BCUT2D eigenvalue weighted by Crippen LogP contribution is -2.46. The number of nitrogens with zero attached hydrogens (tertiary/aromatic N) is 3. The summed E-state index contributed by atoms with van der Waals surface area (Å²) in [7, 11) is 4.29. The first-order valence-corrected chi connectivity index (χ1v) is 7.51. The fraction of sp³-hybridized carbons (Fsp3) is 0.800. The van der Waals surface area contributed by atoms with Crippen molar-refractivity contribution in [1.29, 1.82) is 0 Å². The van der Waals surface area contributed by atoms with Crippen LogP contribution in [-0.2, 0) is 13.6 Å². The molecule has 1 N–H and O–H groups in total. The first-order chi connectivity index (χ1) is 9.15. The summed E-state index contributed by atoms with van der Waals surface area (Å²) >= 11 is 0. The van der Waals surface area contributed by atoms with Gasteiger partial charge < -0.3 is 9.88 Å². The molecule has 0 aromatic carbocycles. The fourth-order valence-corrected chi connectivity index (χ4v) is 3.41. The Kier molecular flexibility index (Phi) is 4.99. The van der Waals surface area contributed by atoms with Gasteiger partial charge in [-0.3, -0.25) is 4.90 Å². The zero-order valence-electron chi connectivity index (χ0n) is 12.7. The third-order valence-corrected chi connectivity index (χ3v) is 4.28. The van der Waals surface area contributed by atoms with E-state index in [9.17, 15) is 0 Å². The van der Waals surface area contributed by atoms with Gasteiger partial charge in [0.2, 0.25) is 0 Å². The Labute approximate surface area is 117 Å². The van der Waals surface area contributed by atoms with Crippen LogP contribution in [0.5, 0.6) is 0 Å². The molecule has 1 aliphatic heterocycles. The Balaban J connectivity index is 1.94. The number of imidazole rings is 1. The van der Waals surface area contributed by atoms with Gasteiger partial charge in [0.05, 0.1) is 6.54 Å². The lowest BCUT2D eigenvalue weighted by atomic mass is 9.76. The number of piperidine rings is 1. The van der Waals surface area contributed by atoms with Crippen LogP contribution in [0.4, 0.5) is 0 Å². The highest BCUT2D eigenvalue weighted by molar-refractivity contribution is 4.93. The summed E-state index contributed by atoms with van der Waals surface area (Å²) in [5, 5.41) is 3.59. The molecule has 0 amide bonds. The van der Waals surface area contributed by atoms with Gasteiger partial charge in [-0.25, -0.2) is 4.98 Å². The fourth-order valence-electron chi connectivity index (χ4n) is 3.41. The molecule has 0 aliphatic carbocycles. The Morgan fingerprint density at radius 1 is 1.53 bits per heavy atom. The second-order valence-electron chi connectivity index (χ2n) is 6.16. The summed E-state index contributed by atoms with van der Waals surface area (Å²) in [6.07, 6.45) is 9.18. The second kappa shape index (κ2) is 6.53. The van der Waals surface area contributed by atoms with Crippen molar-refractivity contribution in [3.05, 3.63) is 18.2 Å². The molecule has 0 radical (unpaired) electrons. The third kappa shape index (κ3) is 3.80. The molecule has 0 bridgehead atoms. The van der Waals surface area contributed by atoms with E-state index >= 15 is 0 Å². The quantitative estimate of drug-likeness (QED) is 0.853. The van der Waals surface area contributed by atoms with Crippen LogP contribution in [0.15, 0.2) is 12.4 Å². The van der Waals surface area contributed by atoms with Gasteiger partial charge in [-0.15, -0.1) is 0 Å². The van der Waals surface area contributed by atoms with Crippen molar-refractivity contribution in [2.45, 2.75) is 39.2 Å². The SMILES string of the molecule is CCCC1(CN(C)Cc2nccn2C)CCCNC1. The summed E-state index contributed by atoms with van der Waals surface area (Å²) in [5.74, 6) is 1.15. The number of hydrogen-bond acceptors (Lipinski definition) is 3. The molecule has 1 unspecified atom stereocenters. The molecular formula is C15H28N4. The summed E-state index contributed by atoms with van der Waals surface area (Å²) < 4.78 is 2.11. The van der Waals surface area contributed by atoms with Gasteiger partial charge >= 0.3 is 0 Å². The summed E-state index contributed by atoms with van der Waals surface area (Å²) in [5.41, 5.74) is 0.465. The molecule has 0 spiro atoms. The topological polar surface area (TPSA) is 33.1 Å². The van der Waals surface area contributed by atoms with Gasteiger partial charge in [0, 0.05) is 32.5 Å². The van der Waals surface area contributed by atoms with Crippen LogP contribution in [0.3, 0.4) is 0 Å². The smallest absolute Gasteiger partial charge is 0.122 e. The monoisotopic (exact) mass is 264 g/mol. The van der Waals surface area contributed by atoms with E-state index in [2.05, 4.69) is 40.8 Å². The maximum atomic E-state index is 4.42. The van der Waals surface area contributed by atoms with Crippen LogP contribution in [0, 0.1) is 5.41 Å². The van der Waals surface area contributed by atoms with Crippen molar-refractivity contribution >= 4 is 0 Å². The standard InChI is InChI=1S/C15H28N4/c1-4-6-15(7-5-8-16-12-15)13-18(2)11-14-17-9-10-19(14)3/h9-10,16H,4-8,11-13H2,1-3H3. The molecule has 1 atom stereocenters. The van der Waals surface area contributed by atoms with Gasteiger partial charge in [0.15, 0.2) is 0 Å². The van der Waals surface area contributed by atoms with Crippen LogP contribution < -0.4 is 5.32 Å². The maximum absolute atomic E-state index is 4.42. The van der Waals surface area contributed by atoms with Crippen LogP contribution in [-0.4, -0.2) is 41.1 Å². The summed E-state index contributed by atoms with van der Waals surface area (Å²) in [6.45, 7) is 6.77. The number of aromatic nitrogens is 2. The maximum Gasteiger partial charge on any atom is 0.122 e. The van der Waals surface area contributed by atoms with Crippen LogP contribution in [0.1, 0.15) is 38.4 Å². The van der Waals surface area contributed by atoms with Gasteiger partial charge in [-0.2, -0.15) is 0 Å². The van der Waals surface area contributed by atoms with E-state index in [1.54, 1.807) is 0 Å². The molecule has 1 aromatic heterocycles. The molecule has 4 heteroatoms. The minimum absolute atomic E-state index is 0.465. The van der Waals surface area contributed by atoms with Crippen LogP contribution in [0.25, 0.3) is 0 Å². The molecule has 1 saturated heterocycles. The minimum Gasteiger partial charge on any atom is -0.337 e. The molecule has 2 heterocycles. The van der Waals surface area contributed by atoms with Crippen LogP contribution in [0.2, 0.25) is 0 Å². The van der Waals surface area contributed by atoms with Crippen molar-refractivity contribution in [2.24, 2.45) is 12.5 Å². The zero-order valence-corrected chi connectivity index (χ0v) is 12.7. The largest absolute Gasteiger partial charge is 0.337 e. The second-order valence-corrected chi connectivity index (χ2v) is 6.16. The van der Waals surface area contributed by atoms with Gasteiger partial charge in [-0.1, -0.05) is 13.3 Å². The van der Waals surface area contributed by atoms with E-state index in [1.807, 2.05) is 12.4 Å². The van der Waals surface area contributed by atoms with E-state index in [4.69, 9.17) is 0 Å². The Bertz CT molecular complexity index is 374. The third-order valence-electron chi connectivity index (χ3n) is 4.28. The normalized spacial score (nSPS) is 24.0. The predicted octanol–water partition coefficient (Wildman–Crippen LogP) is 2.02. The highest BCUT2D eigenvalue weighted by Crippen LogP contribution is 2.32. The Morgan fingerprint density at radius 3 is 2.95 bits per heavy atom. The van der Waals surface area contributed by atoms with Crippen LogP contribution >= 0.6 is 0 Å². The predicted molar refractivity (Wildman–Crippen MR) is 79.0 cm³/mol. The van der Waals surface area contributed by atoms with E-state index < -0.39 is 0 Å². The Hall–Kier alpha value is -0.870. The molecule has 1 aliphatic rings. The average Bonchev–Trinajstić information content (AvgIpc) is 2.76. The molecule has 19 heavy (non-hydrogen) atoms. The highest BCUT2D eigenvalue weighted by Gasteiger charge is 2.32. The number of hydrogen-bond donors (Lipinski definition) is 1. The van der Waals surface area contributed by atoms with Gasteiger partial charge in [-0.05, 0) is 38.3 Å². The minimum atomic E-state index is 0.465. The van der Waals surface area contributed by atoms with Crippen molar-refractivity contribution < 1.29 is 0 Å². The summed E-state index contributed by atoms with van der Waals surface area (Å²) in [4.78, 5) is 6.86. The lowest BCUT2D eigenvalue weighted by molar-refractivity contribution is 0.116. The first kappa shape index (κ1) is 14.5. The molecule has 4 nitrogen and oxygen atoms in total. The van der Waals surface area contributed by atoms with Crippen molar-refractivity contribution in [3.8, 4) is 0 Å². The lowest BCUT2D eigenvalue weighted by Gasteiger charge is -2.40. The number of rotatable bonds is 6. The summed E-state index contributed by atoms with van der Waals surface area (Å²) in [6, 6.07) is 0. The van der Waals surface area contributed by atoms with Crippen molar-refractivity contribution in [3.63, 3.8) is 0 Å². The molecule has 1 fully saturated rings. The molecule has 1 aromatic rings. The Morgan fingerprint density at radius 2 is 2.37 bits per heavy atom. The van der Waals surface area contributed by atoms with E-state index in [0.29, 0.717) is 5.41 Å².